The summed E-state index contributed by atoms with van der Waals surface area (Å²) in [4.78, 5) is 13.3. The van der Waals surface area contributed by atoms with E-state index in [4.69, 9.17) is 0 Å². The molecule has 0 radical (unpaired) electrons. The van der Waals surface area contributed by atoms with Crippen LogP contribution >= 0.6 is 0 Å². The molecule has 13 heavy (non-hydrogen) atoms. The second kappa shape index (κ2) is 4.87. The van der Waals surface area contributed by atoms with E-state index in [1.54, 1.807) is 6.08 Å². The molecule has 2 N–H and O–H groups in total. The van der Waals surface area contributed by atoms with Crippen molar-refractivity contribution in [1.29, 1.82) is 0 Å². The van der Waals surface area contributed by atoms with Crippen molar-refractivity contribution in [3.8, 4) is 0 Å². The maximum atomic E-state index is 11.4. The number of piperazine rings is 1. The van der Waals surface area contributed by atoms with E-state index in [9.17, 15) is 4.79 Å². The first-order valence-corrected chi connectivity index (χ1v) is 4.61. The van der Waals surface area contributed by atoms with Crippen LogP contribution in [-0.4, -0.2) is 43.2 Å². The van der Waals surface area contributed by atoms with Gasteiger partial charge < -0.3 is 15.5 Å². The summed E-state index contributed by atoms with van der Waals surface area (Å²) < 4.78 is 0. The second-order valence-electron chi connectivity index (χ2n) is 3.28. The second-order valence-corrected chi connectivity index (χ2v) is 3.28. The third-order valence-electron chi connectivity index (χ3n) is 2.05. The molecule has 1 aliphatic heterocycles. The van der Waals surface area contributed by atoms with Gasteiger partial charge in [0.2, 0.25) is 0 Å². The van der Waals surface area contributed by atoms with Crippen LogP contribution < -0.4 is 10.6 Å². The van der Waals surface area contributed by atoms with Gasteiger partial charge in [-0.2, -0.15) is 0 Å². The molecule has 1 rings (SSSR count). The van der Waals surface area contributed by atoms with Crippen LogP contribution in [0.1, 0.15) is 6.92 Å². The van der Waals surface area contributed by atoms with Crippen LogP contribution in [-0.2, 0) is 0 Å². The highest BCUT2D eigenvalue weighted by Gasteiger charge is 2.19. The summed E-state index contributed by atoms with van der Waals surface area (Å²) in [7, 11) is 0. The smallest absolute Gasteiger partial charge is 0.317 e. The third kappa shape index (κ3) is 3.06. The average Bonchev–Trinajstić information content (AvgIpc) is 2.14. The fraction of sp³-hybridized carbons (Fsp3) is 0.667. The number of urea groups is 1. The maximum absolute atomic E-state index is 11.4. The first kappa shape index (κ1) is 10.1. The molecular formula is C9H17N3O. The Morgan fingerprint density at radius 2 is 2.62 bits per heavy atom. The van der Waals surface area contributed by atoms with Gasteiger partial charge in [0, 0.05) is 32.2 Å². The fourth-order valence-electron chi connectivity index (χ4n) is 1.39. The van der Waals surface area contributed by atoms with E-state index in [0.717, 1.165) is 19.6 Å². The van der Waals surface area contributed by atoms with Gasteiger partial charge in [0.1, 0.15) is 0 Å². The molecule has 74 valence electrons. The normalized spacial score (nSPS) is 22.5. The van der Waals surface area contributed by atoms with Crippen molar-refractivity contribution in [3.05, 3.63) is 12.7 Å². The number of hydrogen-bond donors (Lipinski definition) is 2. The Labute approximate surface area is 79.0 Å². The monoisotopic (exact) mass is 183 g/mol. The molecule has 0 aliphatic carbocycles. The minimum Gasteiger partial charge on any atom is -0.335 e. The van der Waals surface area contributed by atoms with E-state index >= 15 is 0 Å². The Morgan fingerprint density at radius 3 is 3.23 bits per heavy atom. The Balaban J connectivity index is 2.32. The van der Waals surface area contributed by atoms with Gasteiger partial charge in [0.25, 0.3) is 0 Å². The van der Waals surface area contributed by atoms with Crippen molar-refractivity contribution < 1.29 is 4.79 Å². The van der Waals surface area contributed by atoms with Crippen LogP contribution in [0.25, 0.3) is 0 Å². The van der Waals surface area contributed by atoms with Crippen molar-refractivity contribution in [2.75, 3.05) is 26.2 Å². The summed E-state index contributed by atoms with van der Waals surface area (Å²) >= 11 is 0. The minimum absolute atomic E-state index is 0.00764. The number of rotatable bonds is 2. The van der Waals surface area contributed by atoms with Crippen LogP contribution in [0.2, 0.25) is 0 Å². The predicted molar refractivity (Wildman–Crippen MR) is 52.6 cm³/mol. The number of amides is 2. The number of carbonyl (C=O) groups is 1. The van der Waals surface area contributed by atoms with E-state index in [-0.39, 0.29) is 6.03 Å². The Kier molecular flexibility index (Phi) is 3.76. The van der Waals surface area contributed by atoms with Crippen LogP contribution in [0.5, 0.6) is 0 Å². The van der Waals surface area contributed by atoms with Crippen molar-refractivity contribution >= 4 is 6.03 Å². The fourth-order valence-corrected chi connectivity index (χ4v) is 1.39. The molecule has 2 amide bonds. The summed E-state index contributed by atoms with van der Waals surface area (Å²) in [5.74, 6) is 0. The molecule has 0 unspecified atom stereocenters. The zero-order chi connectivity index (χ0) is 9.68. The highest BCUT2D eigenvalue weighted by atomic mass is 16.2. The molecule has 4 heteroatoms. The summed E-state index contributed by atoms with van der Waals surface area (Å²) in [6, 6.07) is 0.400. The van der Waals surface area contributed by atoms with Gasteiger partial charge in [0.05, 0.1) is 0 Å². The van der Waals surface area contributed by atoms with E-state index < -0.39 is 0 Å². The van der Waals surface area contributed by atoms with Crippen LogP contribution in [0.3, 0.4) is 0 Å². The predicted octanol–water partition coefficient (Wildman–Crippen LogP) is 0.176. The topological polar surface area (TPSA) is 44.4 Å². The van der Waals surface area contributed by atoms with Gasteiger partial charge in [-0.05, 0) is 6.92 Å². The minimum atomic E-state index is 0.00764. The first-order valence-electron chi connectivity index (χ1n) is 4.61. The van der Waals surface area contributed by atoms with Gasteiger partial charge in [-0.3, -0.25) is 0 Å². The molecule has 1 aliphatic rings. The van der Waals surface area contributed by atoms with Crippen LogP contribution in [0, 0.1) is 0 Å². The molecule has 0 saturated carbocycles. The lowest BCUT2D eigenvalue weighted by molar-refractivity contribution is 0.180. The summed E-state index contributed by atoms with van der Waals surface area (Å²) in [5, 5.41) is 6.04. The molecule has 1 fully saturated rings. The molecule has 1 atom stereocenters. The first-order chi connectivity index (χ1) is 6.24. The molecule has 0 aromatic heterocycles. The molecule has 0 aromatic rings. The Morgan fingerprint density at radius 1 is 1.85 bits per heavy atom. The lowest BCUT2D eigenvalue weighted by Gasteiger charge is -2.31. The van der Waals surface area contributed by atoms with E-state index in [0.29, 0.717) is 12.6 Å². The third-order valence-corrected chi connectivity index (χ3v) is 2.05. The van der Waals surface area contributed by atoms with E-state index in [2.05, 4.69) is 24.1 Å². The number of nitrogens with zero attached hydrogens (tertiary/aromatic N) is 1. The van der Waals surface area contributed by atoms with E-state index in [1.165, 1.54) is 0 Å². The van der Waals surface area contributed by atoms with Gasteiger partial charge >= 0.3 is 6.03 Å². The SMILES string of the molecule is C=CCNC(=O)N1CCN[C@H](C)C1. The van der Waals surface area contributed by atoms with Crippen molar-refractivity contribution in [1.82, 2.24) is 15.5 Å². The number of carbonyl (C=O) groups excluding carboxylic acids is 1. The summed E-state index contributed by atoms with van der Waals surface area (Å²) in [5.41, 5.74) is 0. The molecule has 1 heterocycles. The number of hydrogen-bond acceptors (Lipinski definition) is 2. The standard InChI is InChI=1S/C9H17N3O/c1-3-4-11-9(13)12-6-5-10-8(2)7-12/h3,8,10H,1,4-7H2,2H3,(H,11,13)/t8-/m1/s1. The lowest BCUT2D eigenvalue weighted by Crippen LogP contribution is -2.54. The molecule has 0 aromatic carbocycles. The Bertz CT molecular complexity index is 193. The van der Waals surface area contributed by atoms with Crippen molar-refractivity contribution in [3.63, 3.8) is 0 Å². The quantitative estimate of drug-likeness (QED) is 0.600. The lowest BCUT2D eigenvalue weighted by atomic mass is 10.2. The molecule has 0 spiro atoms. The van der Waals surface area contributed by atoms with Crippen molar-refractivity contribution in [2.24, 2.45) is 0 Å². The molecule has 1 saturated heterocycles. The molecule has 4 nitrogen and oxygen atoms in total. The molecule has 0 bridgehead atoms. The van der Waals surface area contributed by atoms with Gasteiger partial charge in [-0.15, -0.1) is 6.58 Å². The van der Waals surface area contributed by atoms with Gasteiger partial charge in [-0.1, -0.05) is 6.08 Å². The summed E-state index contributed by atoms with van der Waals surface area (Å²) in [6.45, 7) is 8.61. The van der Waals surface area contributed by atoms with Crippen LogP contribution in [0.4, 0.5) is 4.79 Å². The van der Waals surface area contributed by atoms with E-state index in [1.807, 2.05) is 4.90 Å². The maximum Gasteiger partial charge on any atom is 0.317 e. The highest BCUT2D eigenvalue weighted by Crippen LogP contribution is 1.98. The largest absolute Gasteiger partial charge is 0.335 e. The van der Waals surface area contributed by atoms with Crippen LogP contribution in [0.15, 0.2) is 12.7 Å². The molecular weight excluding hydrogens is 166 g/mol. The summed E-state index contributed by atoms with van der Waals surface area (Å²) in [6.07, 6.45) is 1.68. The van der Waals surface area contributed by atoms with Crippen molar-refractivity contribution in [2.45, 2.75) is 13.0 Å². The zero-order valence-electron chi connectivity index (χ0n) is 8.05. The zero-order valence-corrected chi connectivity index (χ0v) is 8.05. The van der Waals surface area contributed by atoms with Gasteiger partial charge in [-0.25, -0.2) is 4.79 Å². The van der Waals surface area contributed by atoms with Gasteiger partial charge in [0.15, 0.2) is 0 Å². The Hall–Kier alpha value is -1.03. The number of nitrogens with one attached hydrogen (secondary N) is 2. The average molecular weight is 183 g/mol. The highest BCUT2D eigenvalue weighted by molar-refractivity contribution is 5.74.